The van der Waals surface area contributed by atoms with Gasteiger partial charge in [-0.1, -0.05) is 63.8 Å². The maximum Gasteiger partial charge on any atom is 0.227 e. The van der Waals surface area contributed by atoms with Crippen LogP contribution in [0, 0.1) is 5.92 Å². The zero-order valence-corrected chi connectivity index (χ0v) is 27.8. The summed E-state index contributed by atoms with van der Waals surface area (Å²) >= 11 is 0. The summed E-state index contributed by atoms with van der Waals surface area (Å²) in [7, 11) is 0. The van der Waals surface area contributed by atoms with E-state index in [1.54, 1.807) is 18.2 Å². The quantitative estimate of drug-likeness (QED) is 0.0846. The van der Waals surface area contributed by atoms with Gasteiger partial charge >= 0.3 is 0 Å². The molecule has 0 amide bonds. The first-order chi connectivity index (χ1) is 22.6. The number of aliphatic imine (C=N–C) groups is 1. The first-order valence-corrected chi connectivity index (χ1v) is 17.0. The number of aryl methyl sites for hydroxylation is 1. The van der Waals surface area contributed by atoms with Gasteiger partial charge in [-0.05, 0) is 65.6 Å². The number of carbonyl (C=O) groups is 1. The smallest absolute Gasteiger partial charge is 0.227 e. The van der Waals surface area contributed by atoms with E-state index in [4.69, 9.17) is 16.2 Å². The van der Waals surface area contributed by atoms with Crippen molar-refractivity contribution in [1.29, 1.82) is 0 Å². The predicted molar refractivity (Wildman–Crippen MR) is 183 cm³/mol. The molecule has 2 aliphatic heterocycles. The van der Waals surface area contributed by atoms with Crippen LogP contribution in [0.25, 0.3) is 0 Å². The lowest BCUT2D eigenvalue weighted by Crippen LogP contribution is -3.07. The first-order valence-electron chi connectivity index (χ1n) is 17.0. The zero-order chi connectivity index (χ0) is 33.9. The van der Waals surface area contributed by atoms with E-state index in [2.05, 4.69) is 18.1 Å². The number of benzene rings is 2. The van der Waals surface area contributed by atoms with Crippen LogP contribution < -0.4 is 21.1 Å². The Balaban J connectivity index is 1.35. The van der Waals surface area contributed by atoms with Gasteiger partial charge in [0.1, 0.15) is 24.2 Å². The molecule has 0 saturated carbocycles. The fraction of sp³-hybridized carbons (Fsp3) is 0.514. The average Bonchev–Trinajstić information content (AvgIpc) is 3.63. The van der Waals surface area contributed by atoms with E-state index < -0.39 is 24.3 Å². The Labute approximate surface area is 278 Å². The highest BCUT2D eigenvalue weighted by Gasteiger charge is 2.31. The number of carbonyl (C=O) groups excluding carboxylic acids is 1. The van der Waals surface area contributed by atoms with Gasteiger partial charge in [0, 0.05) is 25.0 Å². The highest BCUT2D eigenvalue weighted by Crippen LogP contribution is 2.29. The number of hydrogen-bond donors (Lipinski definition) is 7. The number of phenolic OH excluding ortho intramolecular Hbond substituents is 1. The van der Waals surface area contributed by atoms with Gasteiger partial charge in [-0.25, -0.2) is 0 Å². The van der Waals surface area contributed by atoms with Crippen LogP contribution in [0.3, 0.4) is 0 Å². The minimum absolute atomic E-state index is 0.000799. The highest BCUT2D eigenvalue weighted by atomic mass is 16.5. The summed E-state index contributed by atoms with van der Waals surface area (Å²) in [5.74, 6) is -0.121. The van der Waals surface area contributed by atoms with Crippen molar-refractivity contribution in [2.75, 3.05) is 13.3 Å². The Morgan fingerprint density at radius 3 is 2.57 bits per heavy atom. The standard InChI is InChI=1S/C37H52N4O6/c1-3-5-6-8-30(35(46)18-29(43)7-4-2)33(44)13-9-24-10-14-34(45)36(15-24)47-23-41-20-31-28(19-40-32(31)21-41)17-27-16-25(37(38)39)11-12-26(27)22-42/h10-12,14-16,19-20,29-30,35,37,42-43,45-46H,3-9,13,17-18,21-23,38-39H2,1-2H3/p+1. The normalized spacial score (nSPS) is 17.6. The van der Waals surface area contributed by atoms with Crippen LogP contribution in [0.2, 0.25) is 0 Å². The Morgan fingerprint density at radius 1 is 1.04 bits per heavy atom. The molecule has 4 atom stereocenters. The van der Waals surface area contributed by atoms with Crippen molar-refractivity contribution in [2.24, 2.45) is 22.4 Å². The number of nitrogens with two attached hydrogens (primary N) is 2. The SMILES string of the molecule is CCCCCC(C(=O)CCc1ccc(O)c(OC[NH+]2C=C3C(Cc4cc(C(N)N)ccc4CO)=CN=C3C2)c1)C(O)CC(O)CCC. The largest absolute Gasteiger partial charge is 0.504 e. The van der Waals surface area contributed by atoms with Gasteiger partial charge in [-0.2, -0.15) is 0 Å². The molecule has 0 radical (unpaired) electrons. The monoisotopic (exact) mass is 649 g/mol. The lowest BCUT2D eigenvalue weighted by atomic mass is 9.85. The Bertz CT molecular complexity index is 1450. The van der Waals surface area contributed by atoms with Gasteiger partial charge in [0.25, 0.3) is 0 Å². The minimum atomic E-state index is -0.859. The Kier molecular flexibility index (Phi) is 13.7. The molecule has 4 rings (SSSR count). The second kappa shape index (κ2) is 17.7. The number of unbranched alkanes of at least 4 members (excludes halogenated alkanes) is 2. The Hall–Kier alpha value is -3.38. The molecule has 2 aromatic rings. The van der Waals surface area contributed by atoms with Gasteiger partial charge < -0.3 is 36.6 Å². The predicted octanol–water partition coefficient (Wildman–Crippen LogP) is 3.11. The number of ether oxygens (including phenoxy) is 1. The average molecular weight is 650 g/mol. The summed E-state index contributed by atoms with van der Waals surface area (Å²) in [6.45, 7) is 4.93. The summed E-state index contributed by atoms with van der Waals surface area (Å²) in [6.07, 6.45) is 8.34. The molecule has 2 heterocycles. The molecule has 0 aromatic heterocycles. The summed E-state index contributed by atoms with van der Waals surface area (Å²) < 4.78 is 6.06. The number of hydrogen-bond acceptors (Lipinski definition) is 9. The molecule has 0 spiro atoms. The van der Waals surface area contributed by atoms with Crippen molar-refractivity contribution in [3.63, 3.8) is 0 Å². The number of nitrogens with one attached hydrogen (secondary N) is 1. The number of phenols is 1. The molecule has 0 bridgehead atoms. The van der Waals surface area contributed by atoms with Crippen LogP contribution in [0.4, 0.5) is 0 Å². The lowest BCUT2D eigenvalue weighted by molar-refractivity contribution is -0.851. The van der Waals surface area contributed by atoms with Crippen LogP contribution in [-0.4, -0.2) is 57.4 Å². The fourth-order valence-electron chi connectivity index (χ4n) is 6.41. The van der Waals surface area contributed by atoms with E-state index in [-0.39, 0.29) is 37.7 Å². The molecule has 256 valence electrons. The summed E-state index contributed by atoms with van der Waals surface area (Å²) in [5.41, 5.74) is 18.3. The van der Waals surface area contributed by atoms with Crippen molar-refractivity contribution in [2.45, 2.75) is 103 Å². The number of fused-ring (bicyclic) bond motifs is 1. The van der Waals surface area contributed by atoms with E-state index in [9.17, 15) is 25.2 Å². The third kappa shape index (κ3) is 10.1. The van der Waals surface area contributed by atoms with Gasteiger partial charge in [-0.15, -0.1) is 0 Å². The summed E-state index contributed by atoms with van der Waals surface area (Å²) in [6, 6.07) is 10.8. The molecule has 10 heteroatoms. The van der Waals surface area contributed by atoms with E-state index >= 15 is 0 Å². The van der Waals surface area contributed by atoms with Gasteiger partial charge in [0.2, 0.25) is 6.73 Å². The maximum absolute atomic E-state index is 13.3. The number of Topliss-reactive ketones (excluding diaryl/α,β-unsaturated/α-hetero) is 1. The van der Waals surface area contributed by atoms with E-state index in [1.807, 2.05) is 31.3 Å². The van der Waals surface area contributed by atoms with Crippen molar-refractivity contribution in [3.05, 3.63) is 82.2 Å². The molecule has 0 aliphatic carbocycles. The molecule has 2 aromatic carbocycles. The number of nitrogens with zero attached hydrogens (tertiary/aromatic N) is 1. The second-order valence-electron chi connectivity index (χ2n) is 12.9. The number of rotatable bonds is 20. The summed E-state index contributed by atoms with van der Waals surface area (Å²) in [4.78, 5) is 18.9. The van der Waals surface area contributed by atoms with Crippen molar-refractivity contribution in [3.8, 4) is 11.5 Å². The second-order valence-corrected chi connectivity index (χ2v) is 12.9. The van der Waals surface area contributed by atoms with E-state index in [0.29, 0.717) is 38.0 Å². The lowest BCUT2D eigenvalue weighted by Gasteiger charge is -2.24. The molecule has 0 fully saturated rings. The maximum atomic E-state index is 13.3. The van der Waals surface area contributed by atoms with Crippen LogP contribution in [0.5, 0.6) is 11.5 Å². The number of aliphatic hydroxyl groups excluding tert-OH is 3. The molecule has 10 nitrogen and oxygen atoms in total. The zero-order valence-electron chi connectivity index (χ0n) is 27.8. The van der Waals surface area contributed by atoms with Crippen LogP contribution in [0.1, 0.15) is 93.6 Å². The van der Waals surface area contributed by atoms with Crippen LogP contribution >= 0.6 is 0 Å². The van der Waals surface area contributed by atoms with Gasteiger partial charge in [0.15, 0.2) is 11.5 Å². The van der Waals surface area contributed by atoms with Gasteiger partial charge in [0.05, 0.1) is 30.6 Å². The minimum Gasteiger partial charge on any atom is -0.504 e. The number of ketones is 1. The first kappa shape index (κ1) is 36.5. The number of aromatic hydroxyl groups is 1. The van der Waals surface area contributed by atoms with Crippen molar-refractivity contribution in [1.82, 2.24) is 0 Å². The fourth-order valence-corrected chi connectivity index (χ4v) is 6.41. The third-order valence-electron chi connectivity index (χ3n) is 9.17. The molecule has 0 saturated heterocycles. The molecule has 2 aliphatic rings. The molecular weight excluding hydrogens is 596 g/mol. The van der Waals surface area contributed by atoms with Crippen molar-refractivity contribution >= 4 is 11.5 Å². The van der Waals surface area contributed by atoms with Crippen molar-refractivity contribution < 1.29 is 34.9 Å². The molecule has 9 N–H and O–H groups in total. The Morgan fingerprint density at radius 2 is 1.85 bits per heavy atom. The van der Waals surface area contributed by atoms with Crippen LogP contribution in [-0.2, 0) is 24.2 Å². The number of aliphatic hydroxyl groups is 3. The van der Waals surface area contributed by atoms with E-state index in [0.717, 1.165) is 69.7 Å². The number of allylic oxidation sites excluding steroid dienone is 1. The molecular formula is C37H53N4O6+. The topological polar surface area (TPSA) is 176 Å². The molecule has 4 unspecified atom stereocenters. The van der Waals surface area contributed by atoms with Gasteiger partial charge in [-0.3, -0.25) is 14.7 Å². The number of quaternary nitrogens is 1. The van der Waals surface area contributed by atoms with Crippen LogP contribution in [0.15, 0.2) is 64.9 Å². The third-order valence-corrected chi connectivity index (χ3v) is 9.17. The highest BCUT2D eigenvalue weighted by molar-refractivity contribution is 6.08. The molecule has 47 heavy (non-hydrogen) atoms. The van der Waals surface area contributed by atoms with E-state index in [1.165, 1.54) is 0 Å². The summed E-state index contributed by atoms with van der Waals surface area (Å²) in [5, 5.41) is 41.5.